The van der Waals surface area contributed by atoms with Crippen LogP contribution in [0.2, 0.25) is 0 Å². The minimum Gasteiger partial charge on any atom is -0.306 e. The molecule has 0 aliphatic carbocycles. The molecule has 0 aliphatic rings. The molecule has 0 radical (unpaired) electrons. The van der Waals surface area contributed by atoms with Gasteiger partial charge in [0, 0.05) is 5.38 Å². The highest BCUT2D eigenvalue weighted by molar-refractivity contribution is 7.23. The van der Waals surface area contributed by atoms with Crippen molar-refractivity contribution in [2.75, 3.05) is 5.32 Å². The Kier molecular flexibility index (Phi) is 3.52. The second kappa shape index (κ2) is 5.64. The van der Waals surface area contributed by atoms with Gasteiger partial charge in [-0.2, -0.15) is 0 Å². The summed E-state index contributed by atoms with van der Waals surface area (Å²) >= 11 is 6.47. The van der Waals surface area contributed by atoms with Gasteiger partial charge in [-0.25, -0.2) is 4.98 Å². The number of nitrogens with one attached hydrogen (secondary N) is 1. The number of anilines is 2. The molecule has 4 nitrogen and oxygen atoms in total. The molecule has 0 atom stereocenters. The molecule has 0 fully saturated rings. The maximum Gasteiger partial charge on any atom is 0.212 e. The first-order valence-electron chi connectivity index (χ1n) is 6.02. The third-order valence-electron chi connectivity index (χ3n) is 2.65. The van der Waals surface area contributed by atoms with Gasteiger partial charge < -0.3 is 5.32 Å². The van der Waals surface area contributed by atoms with Crippen LogP contribution in [0.1, 0.15) is 0 Å². The average Bonchev–Trinajstić information content (AvgIpc) is 3.28. The SMILES string of the molecule is c1csc(-c2csc(Nc3nnc(-c4cccs4)s3)n2)c1. The van der Waals surface area contributed by atoms with E-state index in [2.05, 4.69) is 37.3 Å². The predicted octanol–water partition coefficient (Wildman–Crippen LogP) is 5.20. The molecule has 8 heteroatoms. The first-order chi connectivity index (χ1) is 10.4. The summed E-state index contributed by atoms with van der Waals surface area (Å²) in [6.07, 6.45) is 0. The summed E-state index contributed by atoms with van der Waals surface area (Å²) in [6.45, 7) is 0. The monoisotopic (exact) mass is 348 g/mol. The van der Waals surface area contributed by atoms with Crippen LogP contribution in [-0.4, -0.2) is 15.2 Å². The van der Waals surface area contributed by atoms with Gasteiger partial charge in [0.05, 0.1) is 15.4 Å². The standard InChI is InChI=1S/C13H8N4S4/c1-3-9(18-5-1)8-7-20-12(14-8)15-13-17-16-11(21-13)10-4-2-6-19-10/h1-7H,(H,14,15,17). The highest BCUT2D eigenvalue weighted by atomic mass is 32.1. The van der Waals surface area contributed by atoms with Crippen molar-refractivity contribution in [1.82, 2.24) is 15.2 Å². The Hall–Kier alpha value is -1.61. The topological polar surface area (TPSA) is 50.7 Å². The molecule has 0 unspecified atom stereocenters. The van der Waals surface area contributed by atoms with Crippen LogP contribution in [0.3, 0.4) is 0 Å². The van der Waals surface area contributed by atoms with Crippen molar-refractivity contribution in [3.63, 3.8) is 0 Å². The van der Waals surface area contributed by atoms with Gasteiger partial charge in [-0.3, -0.25) is 0 Å². The van der Waals surface area contributed by atoms with Crippen molar-refractivity contribution in [2.45, 2.75) is 0 Å². The Bertz CT molecular complexity index is 759. The summed E-state index contributed by atoms with van der Waals surface area (Å²) in [5.41, 5.74) is 1.00. The zero-order valence-electron chi connectivity index (χ0n) is 10.5. The Balaban J connectivity index is 1.54. The van der Waals surface area contributed by atoms with Crippen molar-refractivity contribution in [3.8, 4) is 20.5 Å². The second-order valence-electron chi connectivity index (χ2n) is 4.03. The quantitative estimate of drug-likeness (QED) is 0.551. The van der Waals surface area contributed by atoms with Gasteiger partial charge in [0.15, 0.2) is 10.1 Å². The molecule has 0 bridgehead atoms. The number of thiophene rings is 2. The van der Waals surface area contributed by atoms with E-state index in [4.69, 9.17) is 0 Å². The van der Waals surface area contributed by atoms with Crippen LogP contribution < -0.4 is 5.32 Å². The highest BCUT2D eigenvalue weighted by Crippen LogP contribution is 2.33. The molecule has 0 saturated carbocycles. The van der Waals surface area contributed by atoms with Crippen molar-refractivity contribution >= 4 is 55.6 Å². The third-order valence-corrected chi connectivity index (χ3v) is 6.18. The van der Waals surface area contributed by atoms with E-state index >= 15 is 0 Å². The van der Waals surface area contributed by atoms with E-state index in [0.717, 1.165) is 25.8 Å². The van der Waals surface area contributed by atoms with E-state index in [1.807, 2.05) is 23.6 Å². The third kappa shape index (κ3) is 2.75. The van der Waals surface area contributed by atoms with Gasteiger partial charge in [-0.1, -0.05) is 23.5 Å². The lowest BCUT2D eigenvalue weighted by Gasteiger charge is -1.94. The van der Waals surface area contributed by atoms with E-state index in [-0.39, 0.29) is 0 Å². The number of hydrogen-bond donors (Lipinski definition) is 1. The fourth-order valence-electron chi connectivity index (χ4n) is 1.73. The first-order valence-corrected chi connectivity index (χ1v) is 9.48. The minimum atomic E-state index is 0.769. The lowest BCUT2D eigenvalue weighted by atomic mass is 10.4. The van der Waals surface area contributed by atoms with E-state index in [1.165, 1.54) is 16.2 Å². The Labute approximate surface area is 136 Å². The largest absolute Gasteiger partial charge is 0.306 e. The fraction of sp³-hybridized carbons (Fsp3) is 0. The minimum absolute atomic E-state index is 0.769. The van der Waals surface area contributed by atoms with Crippen LogP contribution in [-0.2, 0) is 0 Å². The Morgan fingerprint density at radius 3 is 2.43 bits per heavy atom. The van der Waals surface area contributed by atoms with Gasteiger partial charge in [-0.05, 0) is 22.9 Å². The average molecular weight is 349 g/mol. The van der Waals surface area contributed by atoms with Crippen LogP contribution >= 0.6 is 45.3 Å². The summed E-state index contributed by atoms with van der Waals surface area (Å²) in [5, 5.41) is 20.3. The maximum absolute atomic E-state index is 4.58. The normalized spacial score (nSPS) is 10.9. The summed E-state index contributed by atoms with van der Waals surface area (Å²) in [5.74, 6) is 0. The van der Waals surface area contributed by atoms with Crippen molar-refractivity contribution in [2.24, 2.45) is 0 Å². The van der Waals surface area contributed by atoms with Crippen LogP contribution in [0, 0.1) is 0 Å². The summed E-state index contributed by atoms with van der Waals surface area (Å²) in [4.78, 5) is 6.89. The Morgan fingerprint density at radius 2 is 1.67 bits per heavy atom. The molecule has 21 heavy (non-hydrogen) atoms. The zero-order valence-corrected chi connectivity index (χ0v) is 13.8. The van der Waals surface area contributed by atoms with Crippen LogP contribution in [0.5, 0.6) is 0 Å². The molecule has 4 aromatic rings. The van der Waals surface area contributed by atoms with Gasteiger partial charge in [0.25, 0.3) is 0 Å². The number of hydrogen-bond acceptors (Lipinski definition) is 8. The molecule has 0 saturated heterocycles. The fourth-order valence-corrected chi connectivity index (χ4v) is 4.80. The maximum atomic E-state index is 4.58. The molecule has 0 aliphatic heterocycles. The number of thiazole rings is 1. The first kappa shape index (κ1) is 13.1. The molecule has 0 aromatic carbocycles. The van der Waals surface area contributed by atoms with Gasteiger partial charge in [0.1, 0.15) is 0 Å². The Morgan fingerprint density at radius 1 is 0.857 bits per heavy atom. The number of aromatic nitrogens is 3. The molecule has 4 rings (SSSR count). The van der Waals surface area contributed by atoms with Crippen molar-refractivity contribution < 1.29 is 0 Å². The van der Waals surface area contributed by atoms with E-state index in [9.17, 15) is 0 Å². The van der Waals surface area contributed by atoms with Gasteiger partial charge >= 0.3 is 0 Å². The smallest absolute Gasteiger partial charge is 0.212 e. The van der Waals surface area contributed by atoms with E-state index in [0.29, 0.717) is 0 Å². The molecule has 104 valence electrons. The van der Waals surface area contributed by atoms with E-state index in [1.54, 1.807) is 34.0 Å². The van der Waals surface area contributed by atoms with E-state index < -0.39 is 0 Å². The summed E-state index contributed by atoms with van der Waals surface area (Å²) in [6, 6.07) is 8.17. The molecule has 1 N–H and O–H groups in total. The molecular weight excluding hydrogens is 340 g/mol. The van der Waals surface area contributed by atoms with Crippen LogP contribution in [0.15, 0.2) is 40.4 Å². The molecule has 4 heterocycles. The molecular formula is C13H8N4S4. The summed E-state index contributed by atoms with van der Waals surface area (Å²) in [7, 11) is 0. The lowest BCUT2D eigenvalue weighted by molar-refractivity contribution is 1.10. The molecule has 0 spiro atoms. The van der Waals surface area contributed by atoms with Gasteiger partial charge in [-0.15, -0.1) is 44.2 Å². The van der Waals surface area contributed by atoms with Crippen LogP contribution in [0.25, 0.3) is 20.5 Å². The number of rotatable bonds is 4. The van der Waals surface area contributed by atoms with Crippen molar-refractivity contribution in [1.29, 1.82) is 0 Å². The lowest BCUT2D eigenvalue weighted by Crippen LogP contribution is -1.88. The highest BCUT2D eigenvalue weighted by Gasteiger charge is 2.10. The molecule has 0 amide bonds. The number of nitrogens with zero attached hydrogens (tertiary/aromatic N) is 3. The zero-order chi connectivity index (χ0) is 14.1. The predicted molar refractivity (Wildman–Crippen MR) is 91.9 cm³/mol. The second-order valence-corrected chi connectivity index (χ2v) is 7.76. The van der Waals surface area contributed by atoms with Crippen LogP contribution in [0.4, 0.5) is 10.3 Å². The van der Waals surface area contributed by atoms with Crippen molar-refractivity contribution in [3.05, 3.63) is 40.4 Å². The van der Waals surface area contributed by atoms with Gasteiger partial charge in [0.2, 0.25) is 5.13 Å². The summed E-state index contributed by atoms with van der Waals surface area (Å²) < 4.78 is 0. The molecule has 4 aromatic heterocycles.